The summed E-state index contributed by atoms with van der Waals surface area (Å²) < 4.78 is 8.67. The van der Waals surface area contributed by atoms with Gasteiger partial charge in [-0.05, 0) is 29.5 Å². The summed E-state index contributed by atoms with van der Waals surface area (Å²) in [5.41, 5.74) is 1.93. The van der Waals surface area contributed by atoms with Gasteiger partial charge in [0, 0.05) is 31.0 Å². The molecule has 35 heavy (non-hydrogen) atoms. The minimum Gasteiger partial charge on any atom is -0.261 e. The lowest BCUT2D eigenvalue weighted by Crippen LogP contribution is -2.50. The van der Waals surface area contributed by atoms with Crippen LogP contribution in [0.1, 0.15) is 17.2 Å². The van der Waals surface area contributed by atoms with Crippen LogP contribution < -0.4 is 10.0 Å². The van der Waals surface area contributed by atoms with Crippen molar-refractivity contribution >= 4 is 40.6 Å². The molecule has 0 saturated carbocycles. The number of anilines is 2. The topological polar surface area (TPSA) is 148 Å². The van der Waals surface area contributed by atoms with E-state index < -0.39 is 0 Å². The lowest BCUT2D eigenvalue weighted by Gasteiger charge is -2.39. The van der Waals surface area contributed by atoms with Crippen molar-refractivity contribution in [2.75, 3.05) is 10.0 Å². The smallest absolute Gasteiger partial charge is 0.187 e. The number of amidine groups is 1. The van der Waals surface area contributed by atoms with Crippen molar-refractivity contribution in [3.8, 4) is 0 Å². The van der Waals surface area contributed by atoms with Crippen molar-refractivity contribution in [3.05, 3.63) is 97.1 Å². The average molecular weight is 479 g/mol. The molecule has 6 rings (SSSR count). The molecular formula is C21H13N13S. The number of aromatic nitrogens is 10. The van der Waals surface area contributed by atoms with Crippen molar-refractivity contribution in [1.29, 1.82) is 0 Å². The van der Waals surface area contributed by atoms with Crippen molar-refractivity contribution in [2.45, 2.75) is 0 Å². The van der Waals surface area contributed by atoms with Crippen molar-refractivity contribution < 1.29 is 0 Å². The van der Waals surface area contributed by atoms with Gasteiger partial charge in [0.15, 0.2) is 23.3 Å². The first-order valence-electron chi connectivity index (χ1n) is 10.2. The summed E-state index contributed by atoms with van der Waals surface area (Å²) in [6.07, 6.45) is 13.0. The van der Waals surface area contributed by atoms with Gasteiger partial charge in [0.25, 0.3) is 0 Å². The van der Waals surface area contributed by atoms with Crippen LogP contribution in [0.5, 0.6) is 0 Å². The van der Waals surface area contributed by atoms with E-state index in [9.17, 15) is 0 Å². The first-order valence-corrected chi connectivity index (χ1v) is 10.9. The molecule has 0 spiro atoms. The minimum atomic E-state index is 0.399. The standard InChI is InChI=1S/C21H13N13S/c1-2-6-24-16(4-1)33-19(20-25-7-3-8-26-20)18(15-12-22-10-11-23-15)29-21(14-5-9-27-32-30-14)34(33)17-13-28-35-31-17/h1-13H. The fourth-order valence-corrected chi connectivity index (χ4v) is 3.81. The maximum absolute atomic E-state index is 4.97. The van der Waals surface area contributed by atoms with Gasteiger partial charge >= 0.3 is 0 Å². The van der Waals surface area contributed by atoms with Gasteiger partial charge in [-0.3, -0.25) is 9.97 Å². The predicted octanol–water partition coefficient (Wildman–Crippen LogP) is 1.91. The largest absolute Gasteiger partial charge is 0.261 e. The molecular weight excluding hydrogens is 466 g/mol. The van der Waals surface area contributed by atoms with Crippen LogP contribution in [0.15, 0.2) is 84.9 Å². The fourth-order valence-electron chi connectivity index (χ4n) is 3.41. The van der Waals surface area contributed by atoms with E-state index in [2.05, 4.69) is 49.1 Å². The van der Waals surface area contributed by atoms with Gasteiger partial charge in [-0.15, -0.1) is 10.2 Å². The van der Waals surface area contributed by atoms with Gasteiger partial charge in [-0.2, -0.15) is 8.75 Å². The third-order valence-electron chi connectivity index (χ3n) is 4.80. The molecule has 0 unspecified atom stereocenters. The Bertz CT molecular complexity index is 1480. The third kappa shape index (κ3) is 3.83. The van der Waals surface area contributed by atoms with E-state index in [0.717, 1.165) is 11.7 Å². The highest BCUT2D eigenvalue weighted by molar-refractivity contribution is 6.99. The normalized spacial score (nSPS) is 13.7. The molecule has 0 atom stereocenters. The van der Waals surface area contributed by atoms with E-state index in [-0.39, 0.29) is 0 Å². The first kappa shape index (κ1) is 20.5. The van der Waals surface area contributed by atoms with Gasteiger partial charge in [0.1, 0.15) is 22.8 Å². The Labute approximate surface area is 202 Å². The quantitative estimate of drug-likeness (QED) is 0.362. The SMILES string of the molecule is c1ccc(N2C(c3ncccn3)=C(c3cnccn3)N=C(c3ccnnn3)N2c2cnsn2)nc1. The molecule has 0 aliphatic carbocycles. The Balaban J connectivity index is 1.72. The summed E-state index contributed by atoms with van der Waals surface area (Å²) >= 11 is 1.06. The van der Waals surface area contributed by atoms with Gasteiger partial charge in [-0.1, -0.05) is 6.07 Å². The number of hydrogen-bond donors (Lipinski definition) is 0. The van der Waals surface area contributed by atoms with Crippen LogP contribution in [0, 0.1) is 0 Å². The molecule has 13 nitrogen and oxygen atoms in total. The molecule has 5 aromatic heterocycles. The number of hydrazine groups is 1. The van der Waals surface area contributed by atoms with E-state index in [4.69, 9.17) is 4.99 Å². The zero-order valence-electron chi connectivity index (χ0n) is 17.7. The maximum atomic E-state index is 4.97. The van der Waals surface area contributed by atoms with Gasteiger partial charge in [0.05, 0.1) is 30.3 Å². The van der Waals surface area contributed by atoms with E-state index >= 15 is 0 Å². The third-order valence-corrected chi connectivity index (χ3v) is 5.27. The molecule has 6 heterocycles. The van der Waals surface area contributed by atoms with E-state index in [1.165, 1.54) is 6.20 Å². The monoisotopic (exact) mass is 479 g/mol. The average Bonchev–Trinajstić information content (AvgIpc) is 3.49. The Morgan fingerprint density at radius 1 is 0.714 bits per heavy atom. The van der Waals surface area contributed by atoms with Crippen molar-refractivity contribution in [1.82, 2.24) is 49.1 Å². The second-order valence-electron chi connectivity index (χ2n) is 6.88. The number of pyridine rings is 1. The molecule has 0 fully saturated rings. The first-order chi connectivity index (χ1) is 17.4. The fraction of sp³-hybridized carbons (Fsp3) is 0. The van der Waals surface area contributed by atoms with Crippen molar-refractivity contribution in [3.63, 3.8) is 0 Å². The molecule has 0 radical (unpaired) electrons. The summed E-state index contributed by atoms with van der Waals surface area (Å²) in [6, 6.07) is 9.00. The summed E-state index contributed by atoms with van der Waals surface area (Å²) in [4.78, 5) is 27.3. The van der Waals surface area contributed by atoms with Gasteiger partial charge in [0.2, 0.25) is 0 Å². The highest BCUT2D eigenvalue weighted by Crippen LogP contribution is 2.38. The Hall–Kier alpha value is -5.11. The van der Waals surface area contributed by atoms with E-state index in [1.807, 2.05) is 18.2 Å². The Kier molecular flexibility index (Phi) is 5.29. The molecule has 0 bridgehead atoms. The van der Waals surface area contributed by atoms with Gasteiger partial charge < -0.3 is 0 Å². The van der Waals surface area contributed by atoms with Crippen LogP contribution in [0.25, 0.3) is 11.4 Å². The van der Waals surface area contributed by atoms with Crippen LogP contribution in [0.2, 0.25) is 0 Å². The summed E-state index contributed by atoms with van der Waals surface area (Å²) in [7, 11) is 0. The van der Waals surface area contributed by atoms with E-state index in [0.29, 0.717) is 46.1 Å². The molecule has 5 aromatic rings. The van der Waals surface area contributed by atoms with Crippen LogP contribution in [0.3, 0.4) is 0 Å². The zero-order chi connectivity index (χ0) is 23.5. The summed E-state index contributed by atoms with van der Waals surface area (Å²) in [6.45, 7) is 0. The van der Waals surface area contributed by atoms with Crippen LogP contribution in [-0.4, -0.2) is 54.9 Å². The molecule has 0 aromatic carbocycles. The number of hydrogen-bond acceptors (Lipinski definition) is 14. The molecule has 0 amide bonds. The highest BCUT2D eigenvalue weighted by Gasteiger charge is 2.38. The maximum Gasteiger partial charge on any atom is 0.187 e. The number of nitrogens with zero attached hydrogens (tertiary/aromatic N) is 13. The number of aliphatic imine (C=N–C) groups is 1. The molecule has 168 valence electrons. The molecule has 0 N–H and O–H groups in total. The Morgan fingerprint density at radius 2 is 1.63 bits per heavy atom. The molecule has 0 saturated heterocycles. The predicted molar refractivity (Wildman–Crippen MR) is 126 cm³/mol. The second kappa shape index (κ2) is 9.03. The lowest BCUT2D eigenvalue weighted by molar-refractivity contribution is 0.848. The van der Waals surface area contributed by atoms with Crippen LogP contribution in [-0.2, 0) is 0 Å². The molecule has 1 aliphatic rings. The number of rotatable bonds is 5. The minimum absolute atomic E-state index is 0.399. The van der Waals surface area contributed by atoms with Gasteiger partial charge in [-0.25, -0.2) is 30.0 Å². The second-order valence-corrected chi connectivity index (χ2v) is 7.44. The van der Waals surface area contributed by atoms with E-state index in [1.54, 1.807) is 65.5 Å². The molecule has 14 heteroatoms. The molecule has 1 aliphatic heterocycles. The van der Waals surface area contributed by atoms with Crippen LogP contribution in [0.4, 0.5) is 11.6 Å². The van der Waals surface area contributed by atoms with Crippen LogP contribution >= 0.6 is 11.7 Å². The van der Waals surface area contributed by atoms with Crippen molar-refractivity contribution in [2.24, 2.45) is 4.99 Å². The lowest BCUT2D eigenvalue weighted by atomic mass is 10.2. The highest BCUT2D eigenvalue weighted by atomic mass is 32.1. The Morgan fingerprint density at radius 3 is 2.34 bits per heavy atom. The summed E-state index contributed by atoms with van der Waals surface area (Å²) in [5.74, 6) is 1.84. The summed E-state index contributed by atoms with van der Waals surface area (Å²) in [5, 5.41) is 15.4. The zero-order valence-corrected chi connectivity index (χ0v) is 18.5.